The molecule has 1 aliphatic heterocycles. The second-order valence-electron chi connectivity index (χ2n) is 13.4. The number of benzene rings is 1. The van der Waals surface area contributed by atoms with E-state index in [1.165, 1.54) is 6.92 Å². The number of aromatic nitrogens is 1. The summed E-state index contributed by atoms with van der Waals surface area (Å²) in [5, 5.41) is 12.2. The first-order valence-electron chi connectivity index (χ1n) is 15.2. The van der Waals surface area contributed by atoms with Crippen LogP contribution in [0.15, 0.2) is 70.1 Å². The van der Waals surface area contributed by atoms with Gasteiger partial charge in [0.1, 0.15) is 28.8 Å². The summed E-state index contributed by atoms with van der Waals surface area (Å²) in [5.74, 6) is -1.03. The maximum absolute atomic E-state index is 13.5. The summed E-state index contributed by atoms with van der Waals surface area (Å²) in [6.07, 6.45) is 3.12. The van der Waals surface area contributed by atoms with Crippen molar-refractivity contribution < 1.29 is 33.3 Å². The molecule has 8 atom stereocenters. The van der Waals surface area contributed by atoms with Gasteiger partial charge in [-0.15, -0.1) is 0 Å². The molecule has 2 aromatic heterocycles. The molecule has 1 aromatic carbocycles. The summed E-state index contributed by atoms with van der Waals surface area (Å²) >= 11 is 0. The molecule has 2 fully saturated rings. The fraction of sp³-hybridized carbons (Fsp3) is 0.486. The van der Waals surface area contributed by atoms with E-state index in [1.54, 1.807) is 54.9 Å². The molecule has 9 heteroatoms. The third-order valence-electron chi connectivity index (χ3n) is 10.9. The normalized spacial score (nSPS) is 34.0. The van der Waals surface area contributed by atoms with Crippen molar-refractivity contribution in [2.45, 2.75) is 71.7 Å². The van der Waals surface area contributed by atoms with Gasteiger partial charge >= 0.3 is 17.6 Å². The number of hydrogen-bond acceptors (Lipinski definition) is 9. The molecule has 9 nitrogen and oxygen atoms in total. The number of esters is 2. The van der Waals surface area contributed by atoms with Gasteiger partial charge < -0.3 is 23.7 Å². The molecule has 0 radical (unpaired) electrons. The number of carbonyl (C=O) groups is 2. The molecule has 2 aliphatic carbocycles. The van der Waals surface area contributed by atoms with Gasteiger partial charge in [-0.2, -0.15) is 0 Å². The monoisotopic (exact) mass is 601 g/mol. The average molecular weight is 602 g/mol. The van der Waals surface area contributed by atoms with Crippen molar-refractivity contribution in [3.05, 3.63) is 82.5 Å². The average Bonchev–Trinajstić information content (AvgIpc) is 2.99. The smallest absolute Gasteiger partial charge is 0.345 e. The van der Waals surface area contributed by atoms with Crippen LogP contribution in [0.1, 0.15) is 75.9 Å². The van der Waals surface area contributed by atoms with Crippen LogP contribution >= 0.6 is 0 Å². The molecule has 2 unspecified atom stereocenters. The van der Waals surface area contributed by atoms with Gasteiger partial charge in [0.2, 0.25) is 0 Å². The Bertz CT molecular complexity index is 1620. The molecule has 3 aromatic rings. The Kier molecular flexibility index (Phi) is 7.43. The van der Waals surface area contributed by atoms with Crippen LogP contribution in [0.25, 0.3) is 11.3 Å². The van der Waals surface area contributed by atoms with Crippen molar-refractivity contribution in [1.29, 1.82) is 0 Å². The summed E-state index contributed by atoms with van der Waals surface area (Å²) in [5.41, 5.74) is -1.92. The van der Waals surface area contributed by atoms with Crippen molar-refractivity contribution in [3.63, 3.8) is 0 Å². The summed E-state index contributed by atoms with van der Waals surface area (Å²) in [6.45, 7) is 9.84. The Morgan fingerprint density at radius 3 is 2.55 bits per heavy atom. The van der Waals surface area contributed by atoms with E-state index in [4.69, 9.17) is 18.6 Å². The molecule has 3 aliphatic rings. The van der Waals surface area contributed by atoms with E-state index in [0.717, 1.165) is 12.8 Å². The van der Waals surface area contributed by atoms with Crippen molar-refractivity contribution in [1.82, 2.24) is 4.98 Å². The lowest BCUT2D eigenvalue weighted by atomic mass is 9.41. The Labute approximate surface area is 256 Å². The molecule has 0 amide bonds. The van der Waals surface area contributed by atoms with Crippen LogP contribution in [-0.4, -0.2) is 40.3 Å². The van der Waals surface area contributed by atoms with E-state index >= 15 is 0 Å². The Morgan fingerprint density at radius 1 is 1.11 bits per heavy atom. The molecule has 6 rings (SSSR count). The highest BCUT2D eigenvalue weighted by Crippen LogP contribution is 2.68. The number of carbonyl (C=O) groups excluding carboxylic acids is 2. The third kappa shape index (κ3) is 4.72. The largest absolute Gasteiger partial charge is 0.482 e. The van der Waals surface area contributed by atoms with Gasteiger partial charge in [0, 0.05) is 42.3 Å². The summed E-state index contributed by atoms with van der Waals surface area (Å²) < 4.78 is 24.5. The van der Waals surface area contributed by atoms with E-state index in [2.05, 4.69) is 25.8 Å². The number of aliphatic hydroxyl groups is 1. The minimum Gasteiger partial charge on any atom is -0.482 e. The summed E-state index contributed by atoms with van der Waals surface area (Å²) in [4.78, 5) is 43.2. The van der Waals surface area contributed by atoms with E-state index in [0.29, 0.717) is 17.5 Å². The molecule has 0 saturated heterocycles. The highest BCUT2D eigenvalue weighted by Gasteiger charge is 2.70. The topological polar surface area (TPSA) is 125 Å². The van der Waals surface area contributed by atoms with Gasteiger partial charge in [-0.25, -0.2) is 9.59 Å². The van der Waals surface area contributed by atoms with Gasteiger partial charge in [-0.1, -0.05) is 39.0 Å². The number of hydrogen-bond donors (Lipinski definition) is 1. The number of aliphatic hydroxyl groups excluding tert-OH is 1. The SMILES string of the molecule is CC(=O)OC[C@@]1(C)C2C[C@H](OC(=O)c3ccccc3)[C@@]3(C)Oc4cc(-c5cccnc5)oc(=O)c4[C@H](O)C3[C@@]2(C)CC[C@@H]1C. The number of rotatable bonds is 5. The van der Waals surface area contributed by atoms with E-state index in [9.17, 15) is 19.5 Å². The first-order valence-corrected chi connectivity index (χ1v) is 15.2. The Balaban J connectivity index is 1.49. The maximum atomic E-state index is 13.5. The zero-order chi connectivity index (χ0) is 31.4. The lowest BCUT2D eigenvalue weighted by Crippen LogP contribution is -2.70. The Hall–Kier alpha value is -3.98. The molecular formula is C35H39NO8. The van der Waals surface area contributed by atoms with Crippen molar-refractivity contribution in [2.75, 3.05) is 6.61 Å². The third-order valence-corrected chi connectivity index (χ3v) is 10.9. The second kappa shape index (κ2) is 10.9. The van der Waals surface area contributed by atoms with Crippen LogP contribution in [0, 0.1) is 28.6 Å². The summed E-state index contributed by atoms with van der Waals surface area (Å²) in [6, 6.07) is 13.9. The van der Waals surface area contributed by atoms with Crippen molar-refractivity contribution in [2.24, 2.45) is 28.6 Å². The first-order chi connectivity index (χ1) is 20.9. The molecular weight excluding hydrogens is 562 g/mol. The molecule has 2 saturated carbocycles. The van der Waals surface area contributed by atoms with E-state index < -0.39 is 46.2 Å². The fourth-order valence-electron chi connectivity index (χ4n) is 8.47. The number of nitrogens with zero attached hydrogens (tertiary/aromatic N) is 1. The predicted molar refractivity (Wildman–Crippen MR) is 161 cm³/mol. The van der Waals surface area contributed by atoms with Crippen molar-refractivity contribution in [3.8, 4) is 17.1 Å². The number of fused-ring (bicyclic) bond motifs is 4. The van der Waals surface area contributed by atoms with Crippen LogP contribution in [-0.2, 0) is 14.3 Å². The van der Waals surface area contributed by atoms with Gasteiger partial charge in [0.05, 0.1) is 18.3 Å². The quantitative estimate of drug-likeness (QED) is 0.364. The molecule has 3 heterocycles. The van der Waals surface area contributed by atoms with Crippen LogP contribution in [0.4, 0.5) is 0 Å². The lowest BCUT2D eigenvalue weighted by Gasteiger charge is -2.66. The van der Waals surface area contributed by atoms with Gasteiger partial charge in [0.15, 0.2) is 0 Å². The van der Waals surface area contributed by atoms with Gasteiger partial charge in [0.25, 0.3) is 0 Å². The minimum absolute atomic E-state index is 0.0513. The molecule has 232 valence electrons. The maximum Gasteiger partial charge on any atom is 0.345 e. The Morgan fingerprint density at radius 2 is 1.86 bits per heavy atom. The standard InChI is InChI=1S/C35H39NO8/c1-20-13-14-33(3)26(34(20,4)19-41-21(2)37)17-27(43-31(39)22-10-7-6-8-11-22)35(5)30(33)29(38)28-25(44-35)16-24(42-32(28)40)23-12-9-15-36-18-23/h6-12,15-16,18,20,26-27,29-30,38H,13-14,17,19H2,1-5H3/t20-,26?,27-,29-,30?,33-,34+,35+/m0/s1. The lowest BCUT2D eigenvalue weighted by molar-refractivity contribution is -0.257. The van der Waals surface area contributed by atoms with E-state index in [1.807, 2.05) is 13.0 Å². The fourth-order valence-corrected chi connectivity index (χ4v) is 8.47. The first kappa shape index (κ1) is 30.1. The number of pyridine rings is 1. The number of ether oxygens (including phenoxy) is 3. The zero-order valence-corrected chi connectivity index (χ0v) is 25.7. The molecule has 1 N–H and O–H groups in total. The van der Waals surface area contributed by atoms with Crippen LogP contribution in [0.5, 0.6) is 5.75 Å². The van der Waals surface area contributed by atoms with Crippen LogP contribution in [0.2, 0.25) is 0 Å². The van der Waals surface area contributed by atoms with E-state index in [-0.39, 0.29) is 41.5 Å². The molecule has 0 bridgehead atoms. The zero-order valence-electron chi connectivity index (χ0n) is 25.7. The summed E-state index contributed by atoms with van der Waals surface area (Å²) in [7, 11) is 0. The molecule has 0 spiro atoms. The van der Waals surface area contributed by atoms with Crippen molar-refractivity contribution >= 4 is 11.9 Å². The molecule has 44 heavy (non-hydrogen) atoms. The van der Waals surface area contributed by atoms with Crippen LogP contribution < -0.4 is 10.4 Å². The second-order valence-corrected chi connectivity index (χ2v) is 13.4. The van der Waals surface area contributed by atoms with Gasteiger partial charge in [-0.05, 0) is 67.7 Å². The minimum atomic E-state index is -1.26. The predicted octanol–water partition coefficient (Wildman–Crippen LogP) is 5.75. The highest BCUT2D eigenvalue weighted by molar-refractivity contribution is 5.89. The van der Waals surface area contributed by atoms with Crippen LogP contribution in [0.3, 0.4) is 0 Å². The van der Waals surface area contributed by atoms with Gasteiger partial charge in [-0.3, -0.25) is 9.78 Å². The highest BCUT2D eigenvalue weighted by atomic mass is 16.6.